The molecule has 1 aromatic rings. The number of nitrogens with one attached hydrogen (secondary N) is 1. The van der Waals surface area contributed by atoms with Crippen molar-refractivity contribution in [2.45, 2.75) is 20.8 Å². The minimum atomic E-state index is -0.953. The van der Waals surface area contributed by atoms with E-state index in [-0.39, 0.29) is 18.0 Å². The fourth-order valence-electron chi connectivity index (χ4n) is 1.74. The molecule has 19 heavy (non-hydrogen) atoms. The third kappa shape index (κ3) is 4.05. The van der Waals surface area contributed by atoms with Gasteiger partial charge in [-0.2, -0.15) is 0 Å². The highest BCUT2D eigenvalue weighted by Gasteiger charge is 2.22. The minimum Gasteiger partial charge on any atom is -0.481 e. The second-order valence-electron chi connectivity index (χ2n) is 4.86. The van der Waals surface area contributed by atoms with Crippen molar-refractivity contribution < 1.29 is 19.1 Å². The van der Waals surface area contributed by atoms with Crippen molar-refractivity contribution >= 4 is 11.9 Å². The highest BCUT2D eigenvalue weighted by atomic mass is 19.1. The second-order valence-corrected chi connectivity index (χ2v) is 4.86. The molecule has 0 saturated carbocycles. The van der Waals surface area contributed by atoms with Crippen LogP contribution in [0, 0.1) is 24.6 Å². The predicted octanol–water partition coefficient (Wildman–Crippen LogP) is 2.22. The summed E-state index contributed by atoms with van der Waals surface area (Å²) < 4.78 is 13.1. The summed E-state index contributed by atoms with van der Waals surface area (Å²) in [5.41, 5.74) is 0.878. The van der Waals surface area contributed by atoms with Crippen molar-refractivity contribution in [2.75, 3.05) is 6.54 Å². The number of carbonyl (C=O) groups excluding carboxylic acids is 1. The maximum atomic E-state index is 13.1. The van der Waals surface area contributed by atoms with E-state index in [4.69, 9.17) is 5.11 Å². The van der Waals surface area contributed by atoms with Crippen LogP contribution in [0.4, 0.5) is 4.39 Å². The molecule has 4 nitrogen and oxygen atoms in total. The van der Waals surface area contributed by atoms with Crippen molar-refractivity contribution in [1.29, 1.82) is 0 Å². The summed E-state index contributed by atoms with van der Waals surface area (Å²) >= 11 is 0. The molecule has 0 bridgehead atoms. The molecular weight excluding hydrogens is 249 g/mol. The molecule has 104 valence electrons. The number of benzene rings is 1. The zero-order valence-corrected chi connectivity index (χ0v) is 11.2. The van der Waals surface area contributed by atoms with Crippen LogP contribution in [0.3, 0.4) is 0 Å². The van der Waals surface area contributed by atoms with Crippen LogP contribution >= 0.6 is 0 Å². The monoisotopic (exact) mass is 267 g/mol. The van der Waals surface area contributed by atoms with Gasteiger partial charge in [0.05, 0.1) is 5.92 Å². The van der Waals surface area contributed by atoms with Crippen LogP contribution < -0.4 is 5.32 Å². The van der Waals surface area contributed by atoms with E-state index in [1.54, 1.807) is 20.8 Å². The van der Waals surface area contributed by atoms with Gasteiger partial charge in [0.15, 0.2) is 0 Å². The Kier molecular flexibility index (Phi) is 5.03. The Morgan fingerprint density at radius 1 is 1.37 bits per heavy atom. The fraction of sp³-hybridized carbons (Fsp3) is 0.429. The van der Waals surface area contributed by atoms with E-state index in [1.165, 1.54) is 12.1 Å². The Labute approximate surface area is 111 Å². The summed E-state index contributed by atoms with van der Waals surface area (Å²) in [4.78, 5) is 22.9. The van der Waals surface area contributed by atoms with Gasteiger partial charge < -0.3 is 10.4 Å². The van der Waals surface area contributed by atoms with Crippen LogP contribution in [0.25, 0.3) is 0 Å². The average molecular weight is 267 g/mol. The van der Waals surface area contributed by atoms with Crippen LogP contribution in [-0.2, 0) is 4.79 Å². The van der Waals surface area contributed by atoms with Gasteiger partial charge in [-0.3, -0.25) is 9.59 Å². The lowest BCUT2D eigenvalue weighted by Crippen LogP contribution is -2.35. The van der Waals surface area contributed by atoms with Crippen molar-refractivity contribution in [2.24, 2.45) is 11.8 Å². The summed E-state index contributed by atoms with van der Waals surface area (Å²) in [7, 11) is 0. The SMILES string of the molecule is Cc1ccc(F)cc1C(=O)NCC(C(=O)O)C(C)C. The number of hydrogen-bond donors (Lipinski definition) is 2. The van der Waals surface area contributed by atoms with E-state index < -0.39 is 23.6 Å². The summed E-state index contributed by atoms with van der Waals surface area (Å²) in [6, 6.07) is 3.94. The lowest BCUT2D eigenvalue weighted by molar-refractivity contribution is -0.142. The molecule has 1 rings (SSSR count). The Balaban J connectivity index is 2.75. The smallest absolute Gasteiger partial charge is 0.308 e. The molecule has 1 atom stereocenters. The zero-order valence-electron chi connectivity index (χ0n) is 11.2. The minimum absolute atomic E-state index is 0.0296. The van der Waals surface area contributed by atoms with E-state index in [0.29, 0.717) is 5.56 Å². The Bertz CT molecular complexity index is 486. The molecule has 5 heteroatoms. The van der Waals surface area contributed by atoms with E-state index in [1.807, 2.05) is 0 Å². The van der Waals surface area contributed by atoms with Crippen LogP contribution in [0.2, 0.25) is 0 Å². The maximum absolute atomic E-state index is 13.1. The summed E-state index contributed by atoms with van der Waals surface area (Å²) in [5, 5.41) is 11.6. The summed E-state index contributed by atoms with van der Waals surface area (Å²) in [6.45, 7) is 5.28. The average Bonchev–Trinajstić information content (AvgIpc) is 2.31. The highest BCUT2D eigenvalue weighted by molar-refractivity contribution is 5.95. The van der Waals surface area contributed by atoms with Crippen LogP contribution in [-0.4, -0.2) is 23.5 Å². The van der Waals surface area contributed by atoms with Crippen molar-refractivity contribution in [1.82, 2.24) is 5.32 Å². The molecule has 0 saturated heterocycles. The molecule has 0 radical (unpaired) electrons. The number of aliphatic carboxylic acids is 1. The number of carboxylic acids is 1. The molecule has 2 N–H and O–H groups in total. The normalized spacial score (nSPS) is 12.3. The molecule has 0 aromatic heterocycles. The third-order valence-corrected chi connectivity index (χ3v) is 3.05. The molecule has 0 heterocycles. The van der Waals surface area contributed by atoms with E-state index in [2.05, 4.69) is 5.32 Å². The number of halogens is 1. The first-order valence-corrected chi connectivity index (χ1v) is 6.10. The topological polar surface area (TPSA) is 66.4 Å². The maximum Gasteiger partial charge on any atom is 0.308 e. The van der Waals surface area contributed by atoms with Crippen LogP contribution in [0.5, 0.6) is 0 Å². The van der Waals surface area contributed by atoms with E-state index in [0.717, 1.165) is 6.07 Å². The van der Waals surface area contributed by atoms with Crippen LogP contribution in [0.15, 0.2) is 18.2 Å². The molecule has 0 aliphatic rings. The number of aryl methyl sites for hydroxylation is 1. The Hall–Kier alpha value is -1.91. The fourth-order valence-corrected chi connectivity index (χ4v) is 1.74. The number of carbonyl (C=O) groups is 2. The highest BCUT2D eigenvalue weighted by Crippen LogP contribution is 2.12. The van der Waals surface area contributed by atoms with Gasteiger partial charge in [0.25, 0.3) is 5.91 Å². The standard InChI is InChI=1S/C14H18FNO3/c1-8(2)12(14(18)19)7-16-13(17)11-6-10(15)5-4-9(11)3/h4-6,8,12H,7H2,1-3H3,(H,16,17)(H,18,19). The second kappa shape index (κ2) is 6.31. The Morgan fingerprint density at radius 2 is 2.00 bits per heavy atom. The lowest BCUT2D eigenvalue weighted by atomic mass is 9.96. The van der Waals surface area contributed by atoms with Crippen molar-refractivity contribution in [3.05, 3.63) is 35.1 Å². The number of rotatable bonds is 5. The van der Waals surface area contributed by atoms with E-state index >= 15 is 0 Å². The molecule has 0 spiro atoms. The van der Waals surface area contributed by atoms with Gasteiger partial charge in [-0.1, -0.05) is 19.9 Å². The van der Waals surface area contributed by atoms with Crippen molar-refractivity contribution in [3.63, 3.8) is 0 Å². The molecule has 0 aliphatic heterocycles. The molecule has 0 fully saturated rings. The number of carboxylic acid groups (broad SMARTS) is 1. The van der Waals surface area contributed by atoms with Gasteiger partial charge in [0, 0.05) is 12.1 Å². The molecule has 0 aliphatic carbocycles. The molecular formula is C14H18FNO3. The van der Waals surface area contributed by atoms with Gasteiger partial charge in [-0.25, -0.2) is 4.39 Å². The first kappa shape index (κ1) is 15.1. The van der Waals surface area contributed by atoms with Gasteiger partial charge in [0.1, 0.15) is 5.82 Å². The predicted molar refractivity (Wildman–Crippen MR) is 69.4 cm³/mol. The Morgan fingerprint density at radius 3 is 2.53 bits per heavy atom. The van der Waals surface area contributed by atoms with Gasteiger partial charge >= 0.3 is 5.97 Å². The van der Waals surface area contributed by atoms with Gasteiger partial charge in [-0.15, -0.1) is 0 Å². The van der Waals surface area contributed by atoms with Gasteiger partial charge in [-0.05, 0) is 30.5 Å². The first-order valence-electron chi connectivity index (χ1n) is 6.10. The van der Waals surface area contributed by atoms with Crippen molar-refractivity contribution in [3.8, 4) is 0 Å². The largest absolute Gasteiger partial charge is 0.481 e. The molecule has 1 unspecified atom stereocenters. The number of hydrogen-bond acceptors (Lipinski definition) is 2. The first-order chi connectivity index (χ1) is 8.82. The van der Waals surface area contributed by atoms with Crippen LogP contribution in [0.1, 0.15) is 29.8 Å². The third-order valence-electron chi connectivity index (χ3n) is 3.05. The summed E-state index contributed by atoms with van der Waals surface area (Å²) in [6.07, 6.45) is 0. The molecule has 1 amide bonds. The number of amides is 1. The van der Waals surface area contributed by atoms with Gasteiger partial charge in [0.2, 0.25) is 0 Å². The summed E-state index contributed by atoms with van der Waals surface area (Å²) in [5.74, 6) is -2.64. The quantitative estimate of drug-likeness (QED) is 0.859. The lowest BCUT2D eigenvalue weighted by Gasteiger charge is -2.17. The molecule has 1 aromatic carbocycles. The van der Waals surface area contributed by atoms with E-state index in [9.17, 15) is 14.0 Å². The zero-order chi connectivity index (χ0) is 14.6.